The van der Waals surface area contributed by atoms with Crippen LogP contribution < -0.4 is 5.32 Å². The highest BCUT2D eigenvalue weighted by molar-refractivity contribution is 8.01. The van der Waals surface area contributed by atoms with Crippen LogP contribution in [0.1, 0.15) is 23.0 Å². The maximum atomic E-state index is 12.5. The number of fused-ring (bicyclic) bond motifs is 1. The number of nitro benzene ring substituents is 1. The Labute approximate surface area is 194 Å². The lowest BCUT2D eigenvalue weighted by atomic mass is 10.2. The number of benzene rings is 1. The molecule has 0 aliphatic heterocycles. The molecule has 0 aliphatic rings. The van der Waals surface area contributed by atoms with Crippen molar-refractivity contribution in [3.05, 3.63) is 57.6 Å². The summed E-state index contributed by atoms with van der Waals surface area (Å²) in [5.74, 6) is -1.34. The fraction of sp³-hybridized carbons (Fsp3) is 0.158. The van der Waals surface area contributed by atoms with Crippen LogP contribution in [0.3, 0.4) is 0 Å². The third-order valence-electron chi connectivity index (χ3n) is 4.30. The number of carbonyl (C=O) groups excluding carboxylic acids is 2. The lowest BCUT2D eigenvalue weighted by Crippen LogP contribution is -2.30. The minimum absolute atomic E-state index is 0.0565. The standard InChI is InChI=1S/C19H15N7O5S2/c1-9-6-32-19(24-9)33-13-4-3-11(5-12(13)26(29)30)18(28)31-10(2)17(27)25-16-14-15(21-7-20-14)22-8-23-16/h3-8,10H,1-2H3,(H2,20,21,22,23,25,27)/t10-/m1/s1. The normalized spacial score (nSPS) is 11.8. The second-order valence-electron chi connectivity index (χ2n) is 6.66. The zero-order valence-corrected chi connectivity index (χ0v) is 18.8. The zero-order chi connectivity index (χ0) is 23.5. The fourth-order valence-electron chi connectivity index (χ4n) is 2.71. The van der Waals surface area contributed by atoms with Crippen molar-refractivity contribution in [3.8, 4) is 0 Å². The van der Waals surface area contributed by atoms with Crippen molar-refractivity contribution in [2.45, 2.75) is 29.2 Å². The molecule has 0 fully saturated rings. The fourth-order valence-corrected chi connectivity index (χ4v) is 4.59. The molecule has 33 heavy (non-hydrogen) atoms. The van der Waals surface area contributed by atoms with Crippen LogP contribution >= 0.6 is 23.1 Å². The van der Waals surface area contributed by atoms with Gasteiger partial charge in [-0.3, -0.25) is 14.9 Å². The van der Waals surface area contributed by atoms with Gasteiger partial charge in [-0.05, 0) is 26.0 Å². The predicted octanol–water partition coefficient (Wildman–Crippen LogP) is 3.36. The van der Waals surface area contributed by atoms with Gasteiger partial charge in [0.05, 0.1) is 21.7 Å². The van der Waals surface area contributed by atoms with E-state index in [0.29, 0.717) is 20.4 Å². The number of esters is 1. The van der Waals surface area contributed by atoms with E-state index in [2.05, 4.69) is 30.2 Å². The Morgan fingerprint density at radius 3 is 2.85 bits per heavy atom. The maximum Gasteiger partial charge on any atom is 0.339 e. The highest BCUT2D eigenvalue weighted by Crippen LogP contribution is 2.37. The molecule has 0 unspecified atom stereocenters. The molecular formula is C19H15N7O5S2. The lowest BCUT2D eigenvalue weighted by Gasteiger charge is -2.13. The summed E-state index contributed by atoms with van der Waals surface area (Å²) in [6.07, 6.45) is 1.45. The first-order valence-electron chi connectivity index (χ1n) is 9.36. The molecule has 14 heteroatoms. The molecule has 0 radical (unpaired) electrons. The number of rotatable bonds is 7. The van der Waals surface area contributed by atoms with Gasteiger partial charge >= 0.3 is 5.97 Å². The summed E-state index contributed by atoms with van der Waals surface area (Å²) in [6, 6.07) is 3.98. The van der Waals surface area contributed by atoms with Crippen molar-refractivity contribution in [1.82, 2.24) is 24.9 Å². The van der Waals surface area contributed by atoms with Gasteiger partial charge < -0.3 is 15.0 Å². The Morgan fingerprint density at radius 2 is 2.12 bits per heavy atom. The molecule has 4 rings (SSSR count). The van der Waals surface area contributed by atoms with Crippen LogP contribution in [0.5, 0.6) is 0 Å². The van der Waals surface area contributed by atoms with Gasteiger partial charge in [0.1, 0.15) is 11.8 Å². The molecule has 0 saturated carbocycles. The highest BCUT2D eigenvalue weighted by atomic mass is 32.2. The third-order valence-corrected chi connectivity index (χ3v) is 6.43. The molecule has 1 amide bonds. The number of anilines is 1. The molecule has 1 aromatic carbocycles. The van der Waals surface area contributed by atoms with Crippen molar-refractivity contribution in [2.75, 3.05) is 5.32 Å². The number of nitrogens with one attached hydrogen (secondary N) is 2. The molecule has 168 valence electrons. The molecule has 12 nitrogen and oxygen atoms in total. The number of thiazole rings is 1. The van der Waals surface area contributed by atoms with Gasteiger partial charge in [-0.15, -0.1) is 11.3 Å². The van der Waals surface area contributed by atoms with Crippen molar-refractivity contribution in [3.63, 3.8) is 0 Å². The number of aromatic nitrogens is 5. The van der Waals surface area contributed by atoms with Crippen molar-refractivity contribution >= 4 is 57.6 Å². The summed E-state index contributed by atoms with van der Waals surface area (Å²) >= 11 is 2.50. The zero-order valence-electron chi connectivity index (χ0n) is 17.1. The van der Waals surface area contributed by atoms with Crippen LogP contribution in [0.25, 0.3) is 11.2 Å². The van der Waals surface area contributed by atoms with E-state index in [4.69, 9.17) is 4.74 Å². The summed E-state index contributed by atoms with van der Waals surface area (Å²) < 4.78 is 5.85. The second kappa shape index (κ2) is 9.30. The van der Waals surface area contributed by atoms with Crippen molar-refractivity contribution < 1.29 is 19.2 Å². The molecule has 3 aromatic heterocycles. The number of nitro groups is 1. The first-order chi connectivity index (χ1) is 15.8. The number of aryl methyl sites for hydroxylation is 1. The van der Waals surface area contributed by atoms with E-state index in [1.165, 1.54) is 43.0 Å². The van der Waals surface area contributed by atoms with Gasteiger partial charge in [-0.1, -0.05) is 11.8 Å². The van der Waals surface area contributed by atoms with Crippen molar-refractivity contribution in [2.24, 2.45) is 0 Å². The number of H-pyrrole nitrogens is 1. The number of ether oxygens (including phenoxy) is 1. The number of aromatic amines is 1. The van der Waals surface area contributed by atoms with E-state index in [1.807, 2.05) is 12.3 Å². The molecule has 0 saturated heterocycles. The molecule has 0 spiro atoms. The van der Waals surface area contributed by atoms with E-state index < -0.39 is 22.9 Å². The Balaban J connectivity index is 1.46. The maximum absolute atomic E-state index is 12.5. The number of hydrogen-bond donors (Lipinski definition) is 2. The monoisotopic (exact) mass is 485 g/mol. The molecular weight excluding hydrogens is 470 g/mol. The molecule has 2 N–H and O–H groups in total. The van der Waals surface area contributed by atoms with Gasteiger partial charge in [-0.2, -0.15) is 0 Å². The predicted molar refractivity (Wildman–Crippen MR) is 119 cm³/mol. The summed E-state index contributed by atoms with van der Waals surface area (Å²) in [5.41, 5.74) is 1.28. The first-order valence-corrected chi connectivity index (χ1v) is 11.1. The lowest BCUT2D eigenvalue weighted by molar-refractivity contribution is -0.387. The summed E-state index contributed by atoms with van der Waals surface area (Å²) in [7, 11) is 0. The van der Waals surface area contributed by atoms with Gasteiger partial charge in [0.15, 0.2) is 21.9 Å². The summed E-state index contributed by atoms with van der Waals surface area (Å²) in [6.45, 7) is 3.20. The summed E-state index contributed by atoms with van der Waals surface area (Å²) in [4.78, 5) is 55.3. The minimum atomic E-state index is -1.20. The SMILES string of the molecule is Cc1csc(Sc2ccc(C(=O)O[C@H](C)C(=O)Nc3ncnc4nc[nH]c34)cc2[N+](=O)[O-])n1. The number of hydrogen-bond acceptors (Lipinski definition) is 11. The van der Waals surface area contributed by atoms with Crippen molar-refractivity contribution in [1.29, 1.82) is 0 Å². The van der Waals surface area contributed by atoms with Crippen LogP contribution in [0.15, 0.2) is 45.5 Å². The molecule has 0 bridgehead atoms. The Kier molecular flexibility index (Phi) is 6.28. The Hall–Kier alpha value is -3.91. The van der Waals surface area contributed by atoms with E-state index >= 15 is 0 Å². The number of nitrogens with zero attached hydrogens (tertiary/aromatic N) is 5. The van der Waals surface area contributed by atoms with E-state index in [0.717, 1.165) is 23.5 Å². The van der Waals surface area contributed by atoms with E-state index in [9.17, 15) is 19.7 Å². The average Bonchev–Trinajstić information content (AvgIpc) is 3.43. The quantitative estimate of drug-likeness (QED) is 0.225. The van der Waals surface area contributed by atoms with Crippen LogP contribution in [-0.4, -0.2) is 47.8 Å². The number of amides is 1. The average molecular weight is 486 g/mol. The molecule has 4 aromatic rings. The van der Waals surface area contributed by atoms with Crippen LogP contribution in [0.2, 0.25) is 0 Å². The largest absolute Gasteiger partial charge is 0.449 e. The minimum Gasteiger partial charge on any atom is -0.449 e. The molecule has 1 atom stereocenters. The van der Waals surface area contributed by atoms with Crippen LogP contribution in [-0.2, 0) is 9.53 Å². The van der Waals surface area contributed by atoms with Gasteiger partial charge in [0.2, 0.25) is 0 Å². The second-order valence-corrected chi connectivity index (χ2v) is 8.80. The van der Waals surface area contributed by atoms with Gasteiger partial charge in [-0.25, -0.2) is 24.7 Å². The van der Waals surface area contributed by atoms with Crippen LogP contribution in [0.4, 0.5) is 11.5 Å². The van der Waals surface area contributed by atoms with Gasteiger partial charge in [0, 0.05) is 17.1 Å². The topological polar surface area (TPSA) is 166 Å². The van der Waals surface area contributed by atoms with Crippen LogP contribution in [0, 0.1) is 17.0 Å². The van der Waals surface area contributed by atoms with E-state index in [-0.39, 0.29) is 17.1 Å². The molecule has 3 heterocycles. The Bertz CT molecular complexity index is 1370. The number of carbonyl (C=O) groups is 2. The molecule has 0 aliphatic carbocycles. The third kappa shape index (κ3) is 4.96. The number of imidazole rings is 1. The highest BCUT2D eigenvalue weighted by Gasteiger charge is 2.24. The smallest absolute Gasteiger partial charge is 0.339 e. The summed E-state index contributed by atoms with van der Waals surface area (Å²) in [5, 5.41) is 15.9. The Morgan fingerprint density at radius 1 is 1.30 bits per heavy atom. The van der Waals surface area contributed by atoms with E-state index in [1.54, 1.807) is 0 Å². The van der Waals surface area contributed by atoms with Gasteiger partial charge in [0.25, 0.3) is 11.6 Å². The first kappa shape index (κ1) is 22.3.